The molecule has 9 nitrogen and oxygen atoms in total. The fourth-order valence-electron chi connectivity index (χ4n) is 1.34. The molecule has 1 heterocycles. The van der Waals surface area contributed by atoms with E-state index >= 15 is 0 Å². The van der Waals surface area contributed by atoms with E-state index in [0.717, 1.165) is 6.07 Å². The van der Waals surface area contributed by atoms with Gasteiger partial charge >= 0.3 is 0 Å². The number of nitrogens with one attached hydrogen (secondary N) is 1. The van der Waals surface area contributed by atoms with E-state index in [9.17, 15) is 14.9 Å². The van der Waals surface area contributed by atoms with E-state index in [2.05, 4.69) is 20.5 Å². The summed E-state index contributed by atoms with van der Waals surface area (Å²) in [6, 6.07) is 3.67. The number of nitro benzene ring substituents is 1. The van der Waals surface area contributed by atoms with Gasteiger partial charge in [0.2, 0.25) is 5.95 Å². The van der Waals surface area contributed by atoms with E-state index < -0.39 is 10.8 Å². The molecule has 2 aromatic rings. The summed E-state index contributed by atoms with van der Waals surface area (Å²) in [7, 11) is 0. The molecule has 9 heteroatoms. The molecule has 0 unspecified atom stereocenters. The zero-order chi connectivity index (χ0) is 13.8. The smallest absolute Gasteiger partial charge is 0.292 e. The topological polar surface area (TPSA) is 137 Å². The first-order valence-electron chi connectivity index (χ1n) is 5.07. The van der Waals surface area contributed by atoms with Crippen LogP contribution < -0.4 is 11.1 Å². The maximum Gasteiger partial charge on any atom is 0.292 e. The second kappa shape index (κ2) is 5.04. The Hall–Kier alpha value is -3.10. The molecule has 0 aliphatic carbocycles. The minimum atomic E-state index is -0.624. The predicted octanol–water partition coefficient (Wildman–Crippen LogP) is 0.614. The van der Waals surface area contributed by atoms with Crippen LogP contribution in [0, 0.1) is 10.1 Å². The van der Waals surface area contributed by atoms with Gasteiger partial charge in [-0.05, 0) is 12.1 Å². The van der Waals surface area contributed by atoms with Crippen LogP contribution in [0.3, 0.4) is 0 Å². The van der Waals surface area contributed by atoms with E-state index in [0.29, 0.717) is 0 Å². The Morgan fingerprint density at radius 1 is 1.37 bits per heavy atom. The first-order valence-corrected chi connectivity index (χ1v) is 5.07. The lowest BCUT2D eigenvalue weighted by Crippen LogP contribution is -2.14. The van der Waals surface area contributed by atoms with Crippen molar-refractivity contribution in [3.8, 4) is 0 Å². The summed E-state index contributed by atoms with van der Waals surface area (Å²) in [6.45, 7) is 0. The Morgan fingerprint density at radius 3 is 2.74 bits per heavy atom. The fourth-order valence-corrected chi connectivity index (χ4v) is 1.34. The van der Waals surface area contributed by atoms with Gasteiger partial charge in [0.05, 0.1) is 17.3 Å². The molecular formula is C10H8N6O3. The van der Waals surface area contributed by atoms with E-state index in [1.807, 2.05) is 0 Å². The Morgan fingerprint density at radius 2 is 2.16 bits per heavy atom. The lowest BCUT2D eigenvalue weighted by molar-refractivity contribution is -0.383. The number of carbonyl (C=O) groups is 1. The highest BCUT2D eigenvalue weighted by Crippen LogP contribution is 2.22. The number of hydrogen-bond donors (Lipinski definition) is 2. The van der Waals surface area contributed by atoms with Crippen molar-refractivity contribution in [3.63, 3.8) is 0 Å². The van der Waals surface area contributed by atoms with Crippen molar-refractivity contribution in [3.05, 3.63) is 46.3 Å². The van der Waals surface area contributed by atoms with Crippen LogP contribution in [0.2, 0.25) is 0 Å². The van der Waals surface area contributed by atoms with Crippen LogP contribution in [0.15, 0.2) is 30.6 Å². The average molecular weight is 260 g/mol. The van der Waals surface area contributed by atoms with Crippen LogP contribution in [0.25, 0.3) is 0 Å². The van der Waals surface area contributed by atoms with Gasteiger partial charge in [-0.25, -0.2) is 4.98 Å². The first kappa shape index (κ1) is 12.4. The number of hydrogen-bond acceptors (Lipinski definition) is 7. The van der Waals surface area contributed by atoms with Crippen LogP contribution in [0.4, 0.5) is 17.3 Å². The SMILES string of the molecule is Nc1cc(C(=O)Nc2nccnn2)ccc1[N+](=O)[O-]. The molecule has 2 rings (SSSR count). The molecule has 3 N–H and O–H groups in total. The van der Waals surface area contributed by atoms with Gasteiger partial charge in [0, 0.05) is 11.6 Å². The van der Waals surface area contributed by atoms with Crippen LogP contribution in [-0.2, 0) is 0 Å². The summed E-state index contributed by atoms with van der Waals surface area (Å²) in [4.78, 5) is 25.5. The monoisotopic (exact) mass is 260 g/mol. The maximum absolute atomic E-state index is 11.8. The minimum Gasteiger partial charge on any atom is -0.393 e. The van der Waals surface area contributed by atoms with Gasteiger partial charge in [-0.15, -0.1) is 5.10 Å². The normalized spacial score (nSPS) is 9.89. The summed E-state index contributed by atoms with van der Waals surface area (Å²) in [5.74, 6) is -0.501. The Labute approximate surface area is 106 Å². The lowest BCUT2D eigenvalue weighted by Gasteiger charge is -2.03. The van der Waals surface area contributed by atoms with E-state index in [4.69, 9.17) is 5.73 Å². The molecule has 1 aromatic carbocycles. The molecule has 0 spiro atoms. The fraction of sp³-hybridized carbons (Fsp3) is 0. The second-order valence-electron chi connectivity index (χ2n) is 3.45. The summed E-state index contributed by atoms with van der Waals surface area (Å²) >= 11 is 0. The summed E-state index contributed by atoms with van der Waals surface area (Å²) in [5, 5.41) is 20.1. The van der Waals surface area contributed by atoms with Crippen molar-refractivity contribution in [2.75, 3.05) is 11.1 Å². The maximum atomic E-state index is 11.8. The lowest BCUT2D eigenvalue weighted by atomic mass is 10.1. The van der Waals surface area contributed by atoms with Crippen molar-refractivity contribution in [2.24, 2.45) is 0 Å². The summed E-state index contributed by atoms with van der Waals surface area (Å²) < 4.78 is 0. The molecule has 0 bridgehead atoms. The third-order valence-electron chi connectivity index (χ3n) is 2.19. The molecule has 0 atom stereocenters. The van der Waals surface area contributed by atoms with E-state index in [1.165, 1.54) is 24.5 Å². The zero-order valence-electron chi connectivity index (χ0n) is 9.48. The Bertz CT molecular complexity index is 630. The van der Waals surface area contributed by atoms with Crippen molar-refractivity contribution >= 4 is 23.2 Å². The number of aromatic nitrogens is 3. The second-order valence-corrected chi connectivity index (χ2v) is 3.45. The highest BCUT2D eigenvalue weighted by atomic mass is 16.6. The quantitative estimate of drug-likeness (QED) is 0.468. The molecule has 0 saturated heterocycles. The minimum absolute atomic E-state index is 0.0319. The Kier molecular flexibility index (Phi) is 3.28. The first-order chi connectivity index (χ1) is 9.08. The molecule has 0 fully saturated rings. The highest BCUT2D eigenvalue weighted by molar-refractivity contribution is 6.04. The van der Waals surface area contributed by atoms with E-state index in [1.54, 1.807) is 0 Å². The number of nitrogens with two attached hydrogens (primary N) is 1. The number of nitro groups is 1. The predicted molar refractivity (Wildman–Crippen MR) is 65.3 cm³/mol. The molecule has 96 valence electrons. The van der Waals surface area contributed by atoms with Gasteiger partial charge < -0.3 is 5.73 Å². The van der Waals surface area contributed by atoms with Gasteiger partial charge in [0.15, 0.2) is 0 Å². The number of amides is 1. The van der Waals surface area contributed by atoms with Crippen molar-refractivity contribution in [1.29, 1.82) is 0 Å². The van der Waals surface area contributed by atoms with Crippen LogP contribution >= 0.6 is 0 Å². The molecule has 0 radical (unpaired) electrons. The summed E-state index contributed by atoms with van der Waals surface area (Å²) in [6.07, 6.45) is 2.73. The van der Waals surface area contributed by atoms with E-state index in [-0.39, 0.29) is 22.9 Å². The molecule has 1 aromatic heterocycles. The van der Waals surface area contributed by atoms with Crippen LogP contribution in [-0.4, -0.2) is 26.0 Å². The number of anilines is 2. The largest absolute Gasteiger partial charge is 0.393 e. The molecule has 0 aliphatic rings. The van der Waals surface area contributed by atoms with Gasteiger partial charge in [-0.3, -0.25) is 20.2 Å². The van der Waals surface area contributed by atoms with Crippen LogP contribution in [0.5, 0.6) is 0 Å². The molecule has 1 amide bonds. The average Bonchev–Trinajstić information content (AvgIpc) is 2.39. The zero-order valence-corrected chi connectivity index (χ0v) is 9.48. The molecule has 0 aliphatic heterocycles. The number of benzene rings is 1. The van der Waals surface area contributed by atoms with Crippen molar-refractivity contribution < 1.29 is 9.72 Å². The molecule has 19 heavy (non-hydrogen) atoms. The third kappa shape index (κ3) is 2.77. The molecular weight excluding hydrogens is 252 g/mol. The van der Waals surface area contributed by atoms with Gasteiger partial charge in [0.1, 0.15) is 5.69 Å². The number of nitrogen functional groups attached to an aromatic ring is 1. The van der Waals surface area contributed by atoms with Crippen molar-refractivity contribution in [1.82, 2.24) is 15.2 Å². The summed E-state index contributed by atoms with van der Waals surface area (Å²) in [5.41, 5.74) is 5.30. The van der Waals surface area contributed by atoms with Gasteiger partial charge in [0.25, 0.3) is 11.6 Å². The number of carbonyl (C=O) groups excluding carboxylic acids is 1. The Balaban J connectivity index is 2.21. The van der Waals surface area contributed by atoms with Crippen LogP contribution in [0.1, 0.15) is 10.4 Å². The number of nitrogens with zero attached hydrogens (tertiary/aromatic N) is 4. The molecule has 0 saturated carbocycles. The third-order valence-corrected chi connectivity index (χ3v) is 2.19. The van der Waals surface area contributed by atoms with Gasteiger partial charge in [-0.1, -0.05) is 0 Å². The highest BCUT2D eigenvalue weighted by Gasteiger charge is 2.15. The van der Waals surface area contributed by atoms with Gasteiger partial charge in [-0.2, -0.15) is 5.10 Å². The number of rotatable bonds is 3. The standard InChI is InChI=1S/C10H8N6O3/c11-7-5-6(1-2-8(7)16(18)19)9(17)14-10-12-3-4-13-15-10/h1-5H,11H2,(H,12,14,15,17). The van der Waals surface area contributed by atoms with Crippen molar-refractivity contribution in [2.45, 2.75) is 0 Å².